The molecule has 3 rings (SSSR count). The Bertz CT molecular complexity index is 608. The summed E-state index contributed by atoms with van der Waals surface area (Å²) in [5.41, 5.74) is 1.86. The number of carbonyl (C=O) groups excluding carboxylic acids is 1. The Balaban J connectivity index is 1.56. The van der Waals surface area contributed by atoms with E-state index in [2.05, 4.69) is 25.2 Å². The fraction of sp³-hybridized carbons (Fsp3) is 0.333. The minimum atomic E-state index is -0.495. The highest BCUT2D eigenvalue weighted by Crippen LogP contribution is 2.15. The fourth-order valence-corrected chi connectivity index (χ4v) is 2.30. The summed E-state index contributed by atoms with van der Waals surface area (Å²) >= 11 is 0. The molecule has 1 amide bonds. The van der Waals surface area contributed by atoms with Gasteiger partial charge < -0.3 is 15.0 Å². The average molecular weight is 299 g/mol. The molecule has 0 saturated carbocycles. The molecular weight excluding hydrogens is 282 g/mol. The number of hydrogen-bond acceptors (Lipinski definition) is 6. The predicted molar refractivity (Wildman–Crippen MR) is 80.1 cm³/mol. The number of pyridine rings is 1. The molecule has 1 fully saturated rings. The third kappa shape index (κ3) is 3.56. The first-order valence-electron chi connectivity index (χ1n) is 7.11. The van der Waals surface area contributed by atoms with Crippen LogP contribution in [0.4, 0.5) is 5.69 Å². The van der Waals surface area contributed by atoms with E-state index in [9.17, 15) is 4.79 Å². The number of nitrogens with one attached hydrogen (secondary N) is 1. The van der Waals surface area contributed by atoms with Crippen LogP contribution in [0.3, 0.4) is 0 Å². The van der Waals surface area contributed by atoms with Crippen molar-refractivity contribution in [2.75, 3.05) is 24.6 Å². The number of rotatable bonds is 4. The summed E-state index contributed by atoms with van der Waals surface area (Å²) in [6.45, 7) is 2.16. The summed E-state index contributed by atoms with van der Waals surface area (Å²) in [5, 5.41) is 2.88. The highest BCUT2D eigenvalue weighted by molar-refractivity contribution is 5.81. The van der Waals surface area contributed by atoms with Gasteiger partial charge in [0.1, 0.15) is 6.33 Å². The number of morpholine rings is 1. The Morgan fingerprint density at radius 3 is 2.95 bits per heavy atom. The number of nitrogens with zero attached hydrogens (tertiary/aromatic N) is 4. The molecule has 2 aromatic heterocycles. The van der Waals surface area contributed by atoms with Crippen molar-refractivity contribution in [3.63, 3.8) is 0 Å². The molecule has 7 heteroatoms. The minimum Gasteiger partial charge on any atom is -0.365 e. The summed E-state index contributed by atoms with van der Waals surface area (Å²) in [6, 6.07) is 3.76. The Hall–Kier alpha value is -2.54. The summed E-state index contributed by atoms with van der Waals surface area (Å²) < 4.78 is 5.57. The molecule has 0 radical (unpaired) electrons. The van der Waals surface area contributed by atoms with Crippen LogP contribution in [0.25, 0.3) is 0 Å². The van der Waals surface area contributed by atoms with Gasteiger partial charge in [0.25, 0.3) is 5.91 Å². The summed E-state index contributed by atoms with van der Waals surface area (Å²) in [4.78, 5) is 26.3. The third-order valence-electron chi connectivity index (χ3n) is 3.46. The number of carbonyl (C=O) groups is 1. The van der Waals surface area contributed by atoms with E-state index in [4.69, 9.17) is 4.74 Å². The van der Waals surface area contributed by atoms with E-state index in [1.165, 1.54) is 6.33 Å². The van der Waals surface area contributed by atoms with Gasteiger partial charge in [0, 0.05) is 25.5 Å². The predicted octanol–water partition coefficient (Wildman–Crippen LogP) is 0.393. The van der Waals surface area contributed by atoms with E-state index in [0.717, 1.165) is 17.8 Å². The minimum absolute atomic E-state index is 0.120. The van der Waals surface area contributed by atoms with Crippen LogP contribution in [0.1, 0.15) is 5.56 Å². The van der Waals surface area contributed by atoms with Gasteiger partial charge >= 0.3 is 0 Å². The van der Waals surface area contributed by atoms with Gasteiger partial charge in [-0.05, 0) is 11.6 Å². The molecule has 1 aliphatic heterocycles. The van der Waals surface area contributed by atoms with Crippen molar-refractivity contribution in [1.82, 2.24) is 20.3 Å². The van der Waals surface area contributed by atoms with Crippen LogP contribution in [0.5, 0.6) is 0 Å². The molecule has 0 spiro atoms. The van der Waals surface area contributed by atoms with Gasteiger partial charge in [-0.15, -0.1) is 0 Å². The highest BCUT2D eigenvalue weighted by Gasteiger charge is 2.26. The van der Waals surface area contributed by atoms with Crippen molar-refractivity contribution in [2.24, 2.45) is 0 Å². The summed E-state index contributed by atoms with van der Waals surface area (Å²) in [6.07, 6.45) is 7.91. The first-order chi connectivity index (χ1) is 10.8. The summed E-state index contributed by atoms with van der Waals surface area (Å²) in [7, 11) is 0. The zero-order chi connectivity index (χ0) is 15.2. The Morgan fingerprint density at radius 1 is 1.32 bits per heavy atom. The van der Waals surface area contributed by atoms with Gasteiger partial charge in [-0.25, -0.2) is 9.97 Å². The number of hydrogen-bond donors (Lipinski definition) is 1. The van der Waals surface area contributed by atoms with Crippen molar-refractivity contribution in [1.29, 1.82) is 0 Å². The van der Waals surface area contributed by atoms with Crippen LogP contribution < -0.4 is 10.2 Å². The van der Waals surface area contributed by atoms with E-state index in [0.29, 0.717) is 19.7 Å². The fourth-order valence-electron chi connectivity index (χ4n) is 2.30. The molecular formula is C15H17N5O2. The van der Waals surface area contributed by atoms with Crippen LogP contribution in [0.15, 0.2) is 43.2 Å². The molecule has 22 heavy (non-hydrogen) atoms. The van der Waals surface area contributed by atoms with Crippen molar-refractivity contribution in [3.8, 4) is 0 Å². The molecule has 114 valence electrons. The molecule has 2 aromatic rings. The van der Waals surface area contributed by atoms with Crippen LogP contribution in [-0.2, 0) is 16.1 Å². The molecule has 1 atom stereocenters. The molecule has 1 saturated heterocycles. The van der Waals surface area contributed by atoms with E-state index >= 15 is 0 Å². The van der Waals surface area contributed by atoms with Gasteiger partial charge in [0.2, 0.25) is 0 Å². The van der Waals surface area contributed by atoms with Crippen LogP contribution in [0, 0.1) is 0 Å². The molecule has 1 N–H and O–H groups in total. The van der Waals surface area contributed by atoms with Crippen molar-refractivity contribution >= 4 is 11.6 Å². The van der Waals surface area contributed by atoms with E-state index in [1.807, 2.05) is 12.1 Å². The molecule has 1 unspecified atom stereocenters. The van der Waals surface area contributed by atoms with Gasteiger partial charge in [0.05, 0.1) is 31.2 Å². The lowest BCUT2D eigenvalue weighted by Gasteiger charge is -2.33. The third-order valence-corrected chi connectivity index (χ3v) is 3.46. The zero-order valence-electron chi connectivity index (χ0n) is 12.1. The largest absolute Gasteiger partial charge is 0.365 e. The Morgan fingerprint density at radius 2 is 2.18 bits per heavy atom. The SMILES string of the molecule is O=C(NCc1cccnc1)C1CN(c2cncnc2)CCO1. The molecule has 7 nitrogen and oxygen atoms in total. The molecule has 0 aromatic carbocycles. The molecule has 3 heterocycles. The van der Waals surface area contributed by atoms with Gasteiger partial charge in [-0.2, -0.15) is 0 Å². The topological polar surface area (TPSA) is 80.2 Å². The maximum absolute atomic E-state index is 12.2. The number of ether oxygens (including phenoxy) is 1. The Labute approximate surface area is 128 Å². The number of amides is 1. The highest BCUT2D eigenvalue weighted by atomic mass is 16.5. The van der Waals surface area contributed by atoms with E-state index in [1.54, 1.807) is 24.8 Å². The molecule has 1 aliphatic rings. The van der Waals surface area contributed by atoms with Crippen LogP contribution in [0.2, 0.25) is 0 Å². The zero-order valence-corrected chi connectivity index (χ0v) is 12.1. The lowest BCUT2D eigenvalue weighted by Crippen LogP contribution is -2.49. The number of anilines is 1. The second-order valence-corrected chi connectivity index (χ2v) is 4.98. The van der Waals surface area contributed by atoms with Gasteiger partial charge in [-0.1, -0.05) is 6.07 Å². The second-order valence-electron chi connectivity index (χ2n) is 4.98. The first kappa shape index (κ1) is 14.4. The number of aromatic nitrogens is 3. The molecule has 0 aliphatic carbocycles. The van der Waals surface area contributed by atoms with Crippen LogP contribution in [-0.4, -0.2) is 46.7 Å². The van der Waals surface area contributed by atoms with E-state index < -0.39 is 6.10 Å². The van der Waals surface area contributed by atoms with Gasteiger partial charge in [0.15, 0.2) is 6.10 Å². The Kier molecular flexibility index (Phi) is 4.55. The molecule has 0 bridgehead atoms. The summed E-state index contributed by atoms with van der Waals surface area (Å²) in [5.74, 6) is -0.120. The lowest BCUT2D eigenvalue weighted by atomic mass is 10.2. The van der Waals surface area contributed by atoms with E-state index in [-0.39, 0.29) is 5.91 Å². The monoisotopic (exact) mass is 299 g/mol. The van der Waals surface area contributed by atoms with Crippen molar-refractivity contribution in [3.05, 3.63) is 48.8 Å². The van der Waals surface area contributed by atoms with Gasteiger partial charge in [-0.3, -0.25) is 9.78 Å². The average Bonchev–Trinajstić information content (AvgIpc) is 2.61. The first-order valence-corrected chi connectivity index (χ1v) is 7.11. The van der Waals surface area contributed by atoms with Crippen LogP contribution >= 0.6 is 0 Å². The maximum atomic E-state index is 12.2. The lowest BCUT2D eigenvalue weighted by molar-refractivity contribution is -0.133. The standard InChI is InChI=1S/C15H17N5O2/c21-15(19-7-12-2-1-3-16-6-12)14-10-20(4-5-22-14)13-8-17-11-18-9-13/h1-3,6,8-9,11,14H,4-5,7,10H2,(H,19,21). The van der Waals surface area contributed by atoms with Crippen molar-refractivity contribution in [2.45, 2.75) is 12.6 Å². The quantitative estimate of drug-likeness (QED) is 0.880. The smallest absolute Gasteiger partial charge is 0.251 e. The second kappa shape index (κ2) is 6.95. The normalized spacial score (nSPS) is 18.0. The van der Waals surface area contributed by atoms with Crippen molar-refractivity contribution < 1.29 is 9.53 Å². The maximum Gasteiger partial charge on any atom is 0.251 e.